The van der Waals surface area contributed by atoms with Crippen molar-refractivity contribution in [2.24, 2.45) is 0 Å². The van der Waals surface area contributed by atoms with Crippen LogP contribution < -0.4 is 5.32 Å². The van der Waals surface area contributed by atoms with Gasteiger partial charge < -0.3 is 10.1 Å². The first-order valence-electron chi connectivity index (χ1n) is 6.12. The third kappa shape index (κ3) is 5.73. The van der Waals surface area contributed by atoms with Gasteiger partial charge >= 0.3 is 5.97 Å². The van der Waals surface area contributed by atoms with Crippen molar-refractivity contribution in [3.05, 3.63) is 0 Å². The molecule has 1 unspecified atom stereocenters. The topological polar surface area (TPSA) is 55.4 Å². The van der Waals surface area contributed by atoms with Crippen molar-refractivity contribution >= 4 is 11.9 Å². The first kappa shape index (κ1) is 13.0. The number of ether oxygens (including phenoxy) is 1. The first-order chi connectivity index (χ1) is 7.68. The Morgan fingerprint density at radius 2 is 1.94 bits per heavy atom. The lowest BCUT2D eigenvalue weighted by atomic mass is 10.1. The zero-order chi connectivity index (χ0) is 11.8. The smallest absolute Gasteiger partial charge is 0.302 e. The monoisotopic (exact) mass is 227 g/mol. The molecule has 1 atom stereocenters. The van der Waals surface area contributed by atoms with Crippen molar-refractivity contribution in [1.29, 1.82) is 0 Å². The lowest BCUT2D eigenvalue weighted by molar-refractivity contribution is -0.147. The average Bonchev–Trinajstić information content (AvgIpc) is 2.25. The van der Waals surface area contributed by atoms with Crippen molar-refractivity contribution in [1.82, 2.24) is 5.32 Å². The molecule has 1 N–H and O–H groups in total. The third-order valence-corrected chi connectivity index (χ3v) is 2.79. The molecular weight excluding hydrogens is 206 g/mol. The van der Waals surface area contributed by atoms with E-state index in [0.29, 0.717) is 6.42 Å². The SMILES string of the molecule is CC(=O)OC1CCCCNC(=O)CCCC1. The van der Waals surface area contributed by atoms with Gasteiger partial charge in [-0.05, 0) is 38.5 Å². The summed E-state index contributed by atoms with van der Waals surface area (Å²) >= 11 is 0. The summed E-state index contributed by atoms with van der Waals surface area (Å²) in [5.74, 6) is -0.0555. The molecule has 0 aromatic carbocycles. The van der Waals surface area contributed by atoms with Crippen LogP contribution in [0, 0.1) is 0 Å². The summed E-state index contributed by atoms with van der Waals surface area (Å²) < 4.78 is 5.25. The largest absolute Gasteiger partial charge is 0.463 e. The number of amides is 1. The van der Waals surface area contributed by atoms with Crippen LogP contribution in [0.1, 0.15) is 51.9 Å². The standard InChI is InChI=1S/C12H21NO3/c1-10(14)16-11-6-2-3-8-12(15)13-9-5-4-7-11/h11H,2-9H2,1H3,(H,13,15). The summed E-state index contributed by atoms with van der Waals surface area (Å²) in [5.41, 5.74) is 0. The molecule has 0 aliphatic carbocycles. The zero-order valence-electron chi connectivity index (χ0n) is 9.96. The Morgan fingerprint density at radius 3 is 2.62 bits per heavy atom. The Kier molecular flexibility index (Phi) is 5.90. The van der Waals surface area contributed by atoms with Crippen LogP contribution >= 0.6 is 0 Å². The highest BCUT2D eigenvalue weighted by atomic mass is 16.5. The van der Waals surface area contributed by atoms with Crippen LogP contribution in [-0.2, 0) is 14.3 Å². The van der Waals surface area contributed by atoms with E-state index >= 15 is 0 Å². The summed E-state index contributed by atoms with van der Waals surface area (Å²) in [6.45, 7) is 2.20. The molecule has 1 aliphatic heterocycles. The molecule has 0 bridgehead atoms. The van der Waals surface area contributed by atoms with Gasteiger partial charge in [-0.1, -0.05) is 0 Å². The van der Waals surface area contributed by atoms with E-state index in [1.165, 1.54) is 6.92 Å². The minimum Gasteiger partial charge on any atom is -0.463 e. The quantitative estimate of drug-likeness (QED) is 0.695. The summed E-state index contributed by atoms with van der Waals surface area (Å²) in [4.78, 5) is 22.2. The van der Waals surface area contributed by atoms with Crippen molar-refractivity contribution in [3.63, 3.8) is 0 Å². The average molecular weight is 227 g/mol. The maximum absolute atomic E-state index is 11.3. The van der Waals surface area contributed by atoms with Crippen LogP contribution in [0.15, 0.2) is 0 Å². The van der Waals surface area contributed by atoms with Crippen LogP contribution in [0.5, 0.6) is 0 Å². The number of hydrogen-bond acceptors (Lipinski definition) is 3. The molecule has 0 spiro atoms. The highest BCUT2D eigenvalue weighted by molar-refractivity contribution is 5.75. The Morgan fingerprint density at radius 1 is 1.25 bits per heavy atom. The zero-order valence-corrected chi connectivity index (χ0v) is 9.96. The molecule has 1 heterocycles. The summed E-state index contributed by atoms with van der Waals surface area (Å²) in [6.07, 6.45) is 6.22. The van der Waals surface area contributed by atoms with Crippen LogP contribution in [-0.4, -0.2) is 24.5 Å². The fraction of sp³-hybridized carbons (Fsp3) is 0.833. The minimum atomic E-state index is -0.200. The molecule has 1 saturated heterocycles. The van der Waals surface area contributed by atoms with Crippen LogP contribution in [0.2, 0.25) is 0 Å². The number of hydrogen-bond donors (Lipinski definition) is 1. The van der Waals surface area contributed by atoms with Crippen LogP contribution in [0.3, 0.4) is 0 Å². The van der Waals surface area contributed by atoms with Gasteiger partial charge in [0.15, 0.2) is 0 Å². The van der Waals surface area contributed by atoms with E-state index in [-0.39, 0.29) is 18.0 Å². The Balaban J connectivity index is 2.36. The van der Waals surface area contributed by atoms with Gasteiger partial charge in [0.2, 0.25) is 5.91 Å². The molecule has 0 aromatic rings. The molecule has 1 fully saturated rings. The maximum Gasteiger partial charge on any atom is 0.302 e. The summed E-state index contributed by atoms with van der Waals surface area (Å²) in [5, 5.41) is 2.89. The van der Waals surface area contributed by atoms with Gasteiger partial charge in [-0.2, -0.15) is 0 Å². The van der Waals surface area contributed by atoms with E-state index in [1.807, 2.05) is 0 Å². The number of carbonyl (C=O) groups excluding carboxylic acids is 2. The van der Waals surface area contributed by atoms with Crippen molar-refractivity contribution in [3.8, 4) is 0 Å². The van der Waals surface area contributed by atoms with Gasteiger partial charge in [-0.15, -0.1) is 0 Å². The third-order valence-electron chi connectivity index (χ3n) is 2.79. The fourth-order valence-electron chi connectivity index (χ4n) is 1.97. The van der Waals surface area contributed by atoms with E-state index in [1.54, 1.807) is 0 Å². The molecule has 0 aromatic heterocycles. The predicted molar refractivity (Wildman–Crippen MR) is 60.9 cm³/mol. The second-order valence-electron chi connectivity index (χ2n) is 4.32. The maximum atomic E-state index is 11.3. The second kappa shape index (κ2) is 7.25. The van der Waals surface area contributed by atoms with Crippen molar-refractivity contribution in [2.45, 2.75) is 58.0 Å². The van der Waals surface area contributed by atoms with Crippen LogP contribution in [0.4, 0.5) is 0 Å². The van der Waals surface area contributed by atoms with Gasteiger partial charge in [0, 0.05) is 19.9 Å². The molecule has 1 amide bonds. The number of rotatable bonds is 1. The Bertz CT molecular complexity index is 240. The lowest BCUT2D eigenvalue weighted by Crippen LogP contribution is -2.23. The molecule has 16 heavy (non-hydrogen) atoms. The van der Waals surface area contributed by atoms with Gasteiger partial charge in [-0.3, -0.25) is 9.59 Å². The van der Waals surface area contributed by atoms with E-state index in [0.717, 1.165) is 45.1 Å². The van der Waals surface area contributed by atoms with Gasteiger partial charge in [0.25, 0.3) is 0 Å². The van der Waals surface area contributed by atoms with E-state index in [4.69, 9.17) is 4.74 Å². The Hall–Kier alpha value is -1.06. The molecule has 4 heteroatoms. The number of nitrogens with one attached hydrogen (secondary N) is 1. The molecule has 0 radical (unpaired) electrons. The second-order valence-corrected chi connectivity index (χ2v) is 4.32. The lowest BCUT2D eigenvalue weighted by Gasteiger charge is -2.16. The first-order valence-corrected chi connectivity index (χ1v) is 6.12. The van der Waals surface area contributed by atoms with E-state index in [2.05, 4.69) is 5.32 Å². The van der Waals surface area contributed by atoms with Gasteiger partial charge in [-0.25, -0.2) is 0 Å². The van der Waals surface area contributed by atoms with Gasteiger partial charge in [0.1, 0.15) is 6.10 Å². The van der Waals surface area contributed by atoms with Crippen molar-refractivity contribution in [2.75, 3.05) is 6.54 Å². The van der Waals surface area contributed by atoms with Gasteiger partial charge in [0.05, 0.1) is 0 Å². The number of carbonyl (C=O) groups is 2. The van der Waals surface area contributed by atoms with E-state index < -0.39 is 0 Å². The molecule has 4 nitrogen and oxygen atoms in total. The molecule has 92 valence electrons. The molecule has 0 saturated carbocycles. The minimum absolute atomic E-state index is 0.0469. The summed E-state index contributed by atoms with van der Waals surface area (Å²) in [7, 11) is 0. The highest BCUT2D eigenvalue weighted by Crippen LogP contribution is 2.14. The predicted octanol–water partition coefficient (Wildman–Crippen LogP) is 1.78. The van der Waals surface area contributed by atoms with Crippen LogP contribution in [0.25, 0.3) is 0 Å². The van der Waals surface area contributed by atoms with E-state index in [9.17, 15) is 9.59 Å². The molecule has 1 aliphatic rings. The Labute approximate surface area is 96.7 Å². The summed E-state index contributed by atoms with van der Waals surface area (Å²) in [6, 6.07) is 0. The normalized spacial score (nSPS) is 24.1. The fourth-order valence-corrected chi connectivity index (χ4v) is 1.97. The molecular formula is C12H21NO3. The number of esters is 1. The molecule has 1 rings (SSSR count). The van der Waals surface area contributed by atoms with Crippen molar-refractivity contribution < 1.29 is 14.3 Å². The highest BCUT2D eigenvalue weighted by Gasteiger charge is 2.13.